The minimum absolute atomic E-state index is 0.293. The molecule has 25 heavy (non-hydrogen) atoms. The number of carboxylic acids is 1. The summed E-state index contributed by atoms with van der Waals surface area (Å²) in [7, 11) is 0. The standard InChI is InChI=1S/C19H18N2O3S/c1-10-6-7-20-15(8-10)18(22)17-16(11(2)19(23)24)13-9-12(25-3)4-5-14(13)21-17/h4-9,11,21H,1-3H3,(H,23,24). The number of rotatable bonds is 5. The number of fused-ring (bicyclic) bond motifs is 1. The van der Waals surface area contributed by atoms with Crippen LogP contribution in [0.25, 0.3) is 10.9 Å². The first-order valence-electron chi connectivity index (χ1n) is 7.82. The maximum absolute atomic E-state index is 13.0. The Morgan fingerprint density at radius 3 is 2.64 bits per heavy atom. The molecule has 1 aromatic carbocycles. The lowest BCUT2D eigenvalue weighted by molar-refractivity contribution is -0.138. The van der Waals surface area contributed by atoms with Crippen LogP contribution in [0.2, 0.25) is 0 Å². The van der Waals surface area contributed by atoms with E-state index in [0.29, 0.717) is 17.0 Å². The van der Waals surface area contributed by atoms with Crippen LogP contribution in [0.4, 0.5) is 0 Å². The molecule has 1 unspecified atom stereocenters. The number of aromatic amines is 1. The Morgan fingerprint density at radius 1 is 1.24 bits per heavy atom. The van der Waals surface area contributed by atoms with E-state index in [4.69, 9.17) is 0 Å². The molecule has 0 saturated carbocycles. The number of nitrogens with zero attached hydrogens (tertiary/aromatic N) is 1. The van der Waals surface area contributed by atoms with Gasteiger partial charge in [-0.15, -0.1) is 11.8 Å². The van der Waals surface area contributed by atoms with E-state index in [1.165, 1.54) is 0 Å². The number of ketones is 1. The number of benzene rings is 1. The maximum atomic E-state index is 13.0. The fraction of sp³-hybridized carbons (Fsp3) is 0.211. The SMILES string of the molecule is CSc1ccc2[nH]c(C(=O)c3cc(C)ccn3)c(C(C)C(=O)O)c2c1. The van der Waals surface area contributed by atoms with Gasteiger partial charge < -0.3 is 10.1 Å². The molecule has 0 aliphatic carbocycles. The van der Waals surface area contributed by atoms with Crippen molar-refractivity contribution in [2.24, 2.45) is 0 Å². The molecule has 2 heterocycles. The Kier molecular flexibility index (Phi) is 4.63. The first-order valence-corrected chi connectivity index (χ1v) is 9.04. The Morgan fingerprint density at radius 2 is 2.00 bits per heavy atom. The van der Waals surface area contributed by atoms with Gasteiger partial charge in [-0.25, -0.2) is 0 Å². The Labute approximate surface area is 149 Å². The van der Waals surface area contributed by atoms with Crippen LogP contribution in [0.5, 0.6) is 0 Å². The smallest absolute Gasteiger partial charge is 0.310 e. The molecular weight excluding hydrogens is 336 g/mol. The van der Waals surface area contributed by atoms with Gasteiger partial charge in [-0.3, -0.25) is 14.6 Å². The molecule has 0 bridgehead atoms. The molecule has 0 radical (unpaired) electrons. The molecule has 0 saturated heterocycles. The highest BCUT2D eigenvalue weighted by Gasteiger charge is 2.27. The Balaban J connectivity index is 2.24. The van der Waals surface area contributed by atoms with Gasteiger partial charge in [0, 0.05) is 27.6 Å². The van der Waals surface area contributed by atoms with Crippen LogP contribution in [0.1, 0.15) is 40.2 Å². The third kappa shape index (κ3) is 3.17. The number of hydrogen-bond acceptors (Lipinski definition) is 4. The van der Waals surface area contributed by atoms with E-state index < -0.39 is 11.9 Å². The number of thioether (sulfide) groups is 1. The Hall–Kier alpha value is -2.60. The second kappa shape index (κ2) is 6.72. The van der Waals surface area contributed by atoms with Crippen molar-refractivity contribution in [2.75, 3.05) is 6.26 Å². The monoisotopic (exact) mass is 354 g/mol. The molecule has 2 N–H and O–H groups in total. The van der Waals surface area contributed by atoms with Crippen molar-refractivity contribution in [3.05, 3.63) is 59.0 Å². The topological polar surface area (TPSA) is 83.0 Å². The van der Waals surface area contributed by atoms with Gasteiger partial charge in [-0.1, -0.05) is 0 Å². The van der Waals surface area contributed by atoms with Crippen LogP contribution in [0.15, 0.2) is 41.4 Å². The van der Waals surface area contributed by atoms with Crippen molar-refractivity contribution in [3.8, 4) is 0 Å². The van der Waals surface area contributed by atoms with E-state index in [9.17, 15) is 14.7 Å². The molecule has 6 heteroatoms. The molecule has 0 aliphatic heterocycles. The number of aliphatic carboxylic acids is 1. The summed E-state index contributed by atoms with van der Waals surface area (Å²) in [6.07, 6.45) is 3.54. The van der Waals surface area contributed by atoms with E-state index >= 15 is 0 Å². The zero-order chi connectivity index (χ0) is 18.1. The molecule has 0 fully saturated rings. The summed E-state index contributed by atoms with van der Waals surface area (Å²) in [5, 5.41) is 10.3. The minimum atomic E-state index is -0.971. The van der Waals surface area contributed by atoms with E-state index in [2.05, 4.69) is 9.97 Å². The van der Waals surface area contributed by atoms with Crippen LogP contribution < -0.4 is 0 Å². The van der Waals surface area contributed by atoms with Gasteiger partial charge in [0.25, 0.3) is 0 Å². The summed E-state index contributed by atoms with van der Waals surface area (Å²) < 4.78 is 0. The van der Waals surface area contributed by atoms with Crippen LogP contribution in [-0.4, -0.2) is 33.1 Å². The van der Waals surface area contributed by atoms with E-state index in [0.717, 1.165) is 21.4 Å². The minimum Gasteiger partial charge on any atom is -0.481 e. The third-order valence-electron chi connectivity index (χ3n) is 4.22. The fourth-order valence-electron chi connectivity index (χ4n) is 2.86. The van der Waals surface area contributed by atoms with Gasteiger partial charge in [0.2, 0.25) is 5.78 Å². The molecular formula is C19H18N2O3S. The fourth-order valence-corrected chi connectivity index (χ4v) is 3.30. The van der Waals surface area contributed by atoms with Crippen molar-refractivity contribution in [3.63, 3.8) is 0 Å². The van der Waals surface area contributed by atoms with Crippen molar-refractivity contribution < 1.29 is 14.7 Å². The molecule has 1 atom stereocenters. The molecule has 2 aromatic heterocycles. The number of H-pyrrole nitrogens is 1. The number of aryl methyl sites for hydroxylation is 1. The summed E-state index contributed by atoms with van der Waals surface area (Å²) in [5.74, 6) is -2.08. The van der Waals surface area contributed by atoms with Gasteiger partial charge in [0.1, 0.15) is 5.69 Å². The predicted molar refractivity (Wildman–Crippen MR) is 98.5 cm³/mol. The summed E-state index contributed by atoms with van der Waals surface area (Å²) in [6, 6.07) is 9.26. The van der Waals surface area contributed by atoms with Gasteiger partial charge in [-0.05, 0) is 56.0 Å². The van der Waals surface area contributed by atoms with Crippen molar-refractivity contribution in [1.82, 2.24) is 9.97 Å². The lowest BCUT2D eigenvalue weighted by Crippen LogP contribution is -2.13. The average molecular weight is 354 g/mol. The zero-order valence-corrected chi connectivity index (χ0v) is 15.0. The number of carboxylic acid groups (broad SMARTS) is 1. The highest BCUT2D eigenvalue weighted by Crippen LogP contribution is 2.33. The highest BCUT2D eigenvalue weighted by molar-refractivity contribution is 7.98. The number of carbonyl (C=O) groups is 2. The van der Waals surface area contributed by atoms with Crippen molar-refractivity contribution >= 4 is 34.4 Å². The number of pyridine rings is 1. The normalized spacial score (nSPS) is 12.3. The molecule has 0 spiro atoms. The van der Waals surface area contributed by atoms with Crippen LogP contribution in [-0.2, 0) is 4.79 Å². The van der Waals surface area contributed by atoms with E-state index in [1.807, 2.05) is 37.4 Å². The Bertz CT molecular complexity index is 978. The molecule has 3 rings (SSSR count). The summed E-state index contributed by atoms with van der Waals surface area (Å²) >= 11 is 1.57. The van der Waals surface area contributed by atoms with Crippen LogP contribution in [0, 0.1) is 6.92 Å². The second-order valence-electron chi connectivity index (χ2n) is 5.93. The van der Waals surface area contributed by atoms with Gasteiger partial charge in [0.15, 0.2) is 0 Å². The molecule has 0 aliphatic rings. The summed E-state index contributed by atoms with van der Waals surface area (Å²) in [5.41, 5.74) is 2.77. The first kappa shape index (κ1) is 17.2. The lowest BCUT2D eigenvalue weighted by Gasteiger charge is -2.09. The molecule has 5 nitrogen and oxygen atoms in total. The third-order valence-corrected chi connectivity index (χ3v) is 4.95. The molecule has 128 valence electrons. The number of aromatic nitrogens is 2. The van der Waals surface area contributed by atoms with E-state index in [1.54, 1.807) is 30.9 Å². The predicted octanol–water partition coefficient (Wildman–Crippen LogP) is 4.01. The van der Waals surface area contributed by atoms with Crippen molar-refractivity contribution in [2.45, 2.75) is 24.7 Å². The van der Waals surface area contributed by atoms with Gasteiger partial charge in [-0.2, -0.15) is 0 Å². The van der Waals surface area contributed by atoms with Crippen LogP contribution >= 0.6 is 11.8 Å². The second-order valence-corrected chi connectivity index (χ2v) is 6.81. The molecule has 0 amide bonds. The quantitative estimate of drug-likeness (QED) is 0.534. The number of hydrogen-bond donors (Lipinski definition) is 2. The van der Waals surface area contributed by atoms with Gasteiger partial charge in [0.05, 0.1) is 11.6 Å². The summed E-state index contributed by atoms with van der Waals surface area (Å²) in [4.78, 5) is 32.9. The first-order chi connectivity index (χ1) is 11.9. The average Bonchev–Trinajstić information content (AvgIpc) is 2.98. The number of carbonyl (C=O) groups excluding carboxylic acids is 1. The number of nitrogens with one attached hydrogen (secondary N) is 1. The van der Waals surface area contributed by atoms with Crippen molar-refractivity contribution in [1.29, 1.82) is 0 Å². The highest BCUT2D eigenvalue weighted by atomic mass is 32.2. The largest absolute Gasteiger partial charge is 0.481 e. The zero-order valence-electron chi connectivity index (χ0n) is 14.2. The summed E-state index contributed by atoms with van der Waals surface area (Å²) in [6.45, 7) is 3.48. The molecule has 3 aromatic rings. The van der Waals surface area contributed by atoms with E-state index in [-0.39, 0.29) is 5.78 Å². The van der Waals surface area contributed by atoms with Gasteiger partial charge >= 0.3 is 5.97 Å². The maximum Gasteiger partial charge on any atom is 0.310 e. The van der Waals surface area contributed by atoms with Crippen LogP contribution in [0.3, 0.4) is 0 Å². The lowest BCUT2D eigenvalue weighted by atomic mass is 9.95.